The number of rotatable bonds is 5. The van der Waals surface area contributed by atoms with Gasteiger partial charge in [-0.25, -0.2) is 4.98 Å². The number of anilines is 2. The van der Waals surface area contributed by atoms with Gasteiger partial charge < -0.3 is 10.2 Å². The maximum atomic E-state index is 4.77. The molecule has 1 unspecified atom stereocenters. The van der Waals surface area contributed by atoms with E-state index in [-0.39, 0.29) is 6.17 Å². The predicted octanol–water partition coefficient (Wildman–Crippen LogP) is 3.28. The van der Waals surface area contributed by atoms with Crippen molar-refractivity contribution < 1.29 is 0 Å². The molecule has 126 valence electrons. The number of hydrogen-bond donors (Lipinski definition) is 1. The Labute approximate surface area is 143 Å². The summed E-state index contributed by atoms with van der Waals surface area (Å²) in [6, 6.07) is 12.6. The minimum absolute atomic E-state index is 0.176. The van der Waals surface area contributed by atoms with E-state index < -0.39 is 0 Å². The van der Waals surface area contributed by atoms with E-state index >= 15 is 0 Å². The predicted molar refractivity (Wildman–Crippen MR) is 97.1 cm³/mol. The molecule has 0 radical (unpaired) electrons. The van der Waals surface area contributed by atoms with Crippen LogP contribution in [0, 0.1) is 0 Å². The Morgan fingerprint density at radius 1 is 0.875 bits per heavy atom. The quantitative estimate of drug-likeness (QED) is 0.915. The number of nitrogens with zero attached hydrogens (tertiary/aromatic N) is 4. The lowest BCUT2D eigenvalue weighted by Crippen LogP contribution is -2.32. The second-order valence-electron chi connectivity index (χ2n) is 6.64. The third-order valence-electron chi connectivity index (χ3n) is 4.94. The molecule has 3 heterocycles. The summed E-state index contributed by atoms with van der Waals surface area (Å²) in [5.74, 6) is 1.76. The van der Waals surface area contributed by atoms with Crippen LogP contribution in [0.5, 0.6) is 0 Å². The molecular weight excluding hydrogens is 298 g/mol. The number of likely N-dealkylation sites (tertiary alicyclic amines) is 1. The minimum Gasteiger partial charge on any atom is -0.350 e. The number of aromatic nitrogens is 2. The molecule has 2 aliphatic rings. The second-order valence-corrected chi connectivity index (χ2v) is 6.64. The van der Waals surface area contributed by atoms with Gasteiger partial charge in [0.1, 0.15) is 12.0 Å². The zero-order chi connectivity index (χ0) is 16.2. The van der Waals surface area contributed by atoms with Crippen LogP contribution < -0.4 is 10.2 Å². The van der Waals surface area contributed by atoms with Crippen LogP contribution in [-0.4, -0.2) is 41.0 Å². The summed E-state index contributed by atoms with van der Waals surface area (Å²) >= 11 is 0. The number of nitrogens with one attached hydrogen (secondary N) is 1. The van der Waals surface area contributed by atoms with E-state index in [9.17, 15) is 0 Å². The molecule has 0 bridgehead atoms. The average Bonchev–Trinajstić information content (AvgIpc) is 3.34. The third kappa shape index (κ3) is 3.36. The van der Waals surface area contributed by atoms with Crippen molar-refractivity contribution in [2.45, 2.75) is 31.8 Å². The van der Waals surface area contributed by atoms with Crippen molar-refractivity contribution in [3.8, 4) is 0 Å². The molecule has 0 spiro atoms. The van der Waals surface area contributed by atoms with Gasteiger partial charge in [0.05, 0.1) is 0 Å². The van der Waals surface area contributed by atoms with Crippen LogP contribution in [-0.2, 0) is 0 Å². The second kappa shape index (κ2) is 7.18. The molecule has 1 aromatic heterocycles. The minimum atomic E-state index is 0.176. The number of benzene rings is 1. The van der Waals surface area contributed by atoms with Crippen LogP contribution in [0.4, 0.5) is 11.8 Å². The maximum Gasteiger partial charge on any atom is 0.227 e. The summed E-state index contributed by atoms with van der Waals surface area (Å²) in [6.07, 6.45) is 7.06. The molecule has 2 fully saturated rings. The molecule has 1 atom stereocenters. The molecule has 2 saturated heterocycles. The molecule has 2 aliphatic heterocycles. The normalized spacial score (nSPS) is 19.6. The van der Waals surface area contributed by atoms with Crippen LogP contribution in [0.25, 0.3) is 0 Å². The summed E-state index contributed by atoms with van der Waals surface area (Å²) in [7, 11) is 0. The first-order valence-corrected chi connectivity index (χ1v) is 9.04. The molecule has 24 heavy (non-hydrogen) atoms. The topological polar surface area (TPSA) is 44.3 Å². The molecule has 2 aromatic rings. The fourth-order valence-corrected chi connectivity index (χ4v) is 3.66. The fraction of sp³-hybridized carbons (Fsp3) is 0.474. The van der Waals surface area contributed by atoms with E-state index in [1.807, 2.05) is 12.3 Å². The van der Waals surface area contributed by atoms with Crippen molar-refractivity contribution in [2.75, 3.05) is 36.4 Å². The van der Waals surface area contributed by atoms with Crippen molar-refractivity contribution in [1.29, 1.82) is 0 Å². The van der Waals surface area contributed by atoms with Crippen LogP contribution in [0.2, 0.25) is 0 Å². The van der Waals surface area contributed by atoms with Crippen LogP contribution in [0.15, 0.2) is 42.6 Å². The Morgan fingerprint density at radius 2 is 1.58 bits per heavy atom. The first-order valence-electron chi connectivity index (χ1n) is 9.04. The lowest BCUT2D eigenvalue weighted by molar-refractivity contribution is 0.270. The molecule has 4 rings (SSSR count). The Morgan fingerprint density at radius 3 is 2.33 bits per heavy atom. The van der Waals surface area contributed by atoms with Crippen molar-refractivity contribution in [2.24, 2.45) is 0 Å². The lowest BCUT2D eigenvalue weighted by atomic mass is 10.1. The van der Waals surface area contributed by atoms with E-state index in [0.29, 0.717) is 0 Å². The monoisotopic (exact) mass is 323 g/mol. The van der Waals surface area contributed by atoms with Crippen molar-refractivity contribution >= 4 is 11.8 Å². The first kappa shape index (κ1) is 15.4. The summed E-state index contributed by atoms with van der Waals surface area (Å²) in [5, 5.41) is 3.65. The summed E-state index contributed by atoms with van der Waals surface area (Å²) in [6.45, 7) is 4.41. The number of hydrogen-bond acceptors (Lipinski definition) is 5. The van der Waals surface area contributed by atoms with Gasteiger partial charge in [-0.05, 0) is 37.3 Å². The Balaban J connectivity index is 1.57. The maximum absolute atomic E-state index is 4.77. The van der Waals surface area contributed by atoms with Crippen LogP contribution >= 0.6 is 0 Å². The van der Waals surface area contributed by atoms with Gasteiger partial charge in [-0.1, -0.05) is 30.3 Å². The SMILES string of the molecule is c1ccc(C(Nc2ccnc(N3CCCC3)n2)N2CCCC2)cc1. The van der Waals surface area contributed by atoms with Gasteiger partial charge in [0.25, 0.3) is 0 Å². The highest BCUT2D eigenvalue weighted by Gasteiger charge is 2.24. The molecular formula is C19H25N5. The lowest BCUT2D eigenvalue weighted by Gasteiger charge is -2.29. The van der Waals surface area contributed by atoms with Gasteiger partial charge in [-0.2, -0.15) is 4.98 Å². The smallest absolute Gasteiger partial charge is 0.227 e. The largest absolute Gasteiger partial charge is 0.350 e. The zero-order valence-corrected chi connectivity index (χ0v) is 14.1. The van der Waals surface area contributed by atoms with Gasteiger partial charge in [0.15, 0.2) is 0 Å². The third-order valence-corrected chi connectivity index (χ3v) is 4.94. The van der Waals surface area contributed by atoms with E-state index in [1.165, 1.54) is 31.2 Å². The molecule has 0 saturated carbocycles. The van der Waals surface area contributed by atoms with Crippen LogP contribution in [0.1, 0.15) is 37.4 Å². The van der Waals surface area contributed by atoms with Gasteiger partial charge in [-0.3, -0.25) is 4.90 Å². The highest BCUT2D eigenvalue weighted by molar-refractivity contribution is 5.43. The summed E-state index contributed by atoms with van der Waals surface area (Å²) < 4.78 is 0. The van der Waals surface area contributed by atoms with E-state index in [1.54, 1.807) is 0 Å². The van der Waals surface area contributed by atoms with Gasteiger partial charge in [-0.15, -0.1) is 0 Å². The van der Waals surface area contributed by atoms with Gasteiger partial charge in [0.2, 0.25) is 5.95 Å². The van der Waals surface area contributed by atoms with E-state index in [4.69, 9.17) is 4.98 Å². The van der Waals surface area contributed by atoms with Crippen molar-refractivity contribution in [3.05, 3.63) is 48.2 Å². The van der Waals surface area contributed by atoms with Gasteiger partial charge in [0, 0.05) is 32.4 Å². The Bertz CT molecular complexity index is 648. The Hall–Kier alpha value is -2.14. The standard InChI is InChI=1S/C19H25N5/c1-2-8-16(9-3-1)18(23-12-4-5-13-23)21-17-10-11-20-19(22-17)24-14-6-7-15-24/h1-3,8-11,18H,4-7,12-15H2,(H,20,21,22). The molecule has 1 aromatic carbocycles. The summed E-state index contributed by atoms with van der Waals surface area (Å²) in [4.78, 5) is 14.0. The molecule has 0 amide bonds. The average molecular weight is 323 g/mol. The highest BCUT2D eigenvalue weighted by atomic mass is 15.3. The van der Waals surface area contributed by atoms with Crippen molar-refractivity contribution in [3.63, 3.8) is 0 Å². The highest BCUT2D eigenvalue weighted by Crippen LogP contribution is 2.27. The van der Waals surface area contributed by atoms with Gasteiger partial charge >= 0.3 is 0 Å². The molecule has 5 heteroatoms. The Kier molecular flexibility index (Phi) is 4.60. The fourth-order valence-electron chi connectivity index (χ4n) is 3.66. The first-order chi connectivity index (χ1) is 11.9. The molecule has 0 aliphatic carbocycles. The van der Waals surface area contributed by atoms with Crippen molar-refractivity contribution in [1.82, 2.24) is 14.9 Å². The zero-order valence-electron chi connectivity index (χ0n) is 14.1. The van der Waals surface area contributed by atoms with E-state index in [2.05, 4.69) is 50.4 Å². The van der Waals surface area contributed by atoms with E-state index in [0.717, 1.165) is 37.9 Å². The molecule has 5 nitrogen and oxygen atoms in total. The van der Waals surface area contributed by atoms with Crippen LogP contribution in [0.3, 0.4) is 0 Å². The summed E-state index contributed by atoms with van der Waals surface area (Å²) in [5.41, 5.74) is 1.29. The molecule has 1 N–H and O–H groups in total.